The van der Waals surface area contributed by atoms with Gasteiger partial charge in [0, 0.05) is 11.8 Å². The van der Waals surface area contributed by atoms with Gasteiger partial charge in [-0.05, 0) is 43.7 Å². The molecule has 0 unspecified atom stereocenters. The Bertz CT molecular complexity index is 825. The van der Waals surface area contributed by atoms with Crippen molar-refractivity contribution in [1.82, 2.24) is 19.7 Å². The van der Waals surface area contributed by atoms with E-state index in [9.17, 15) is 0 Å². The molecule has 0 atom stereocenters. The van der Waals surface area contributed by atoms with E-state index < -0.39 is 0 Å². The third kappa shape index (κ3) is 2.51. The van der Waals surface area contributed by atoms with Crippen LogP contribution in [0.5, 0.6) is 0 Å². The van der Waals surface area contributed by atoms with Crippen LogP contribution in [0.4, 0.5) is 0 Å². The maximum Gasteiger partial charge on any atom is 0.165 e. The Morgan fingerprint density at radius 1 is 1.14 bits per heavy atom. The predicted molar refractivity (Wildman–Crippen MR) is 78.8 cm³/mol. The van der Waals surface area contributed by atoms with Gasteiger partial charge in [0.25, 0.3) is 0 Å². The molecular formula is C16H13N5. The van der Waals surface area contributed by atoms with E-state index in [-0.39, 0.29) is 0 Å². The van der Waals surface area contributed by atoms with Gasteiger partial charge in [0.05, 0.1) is 5.69 Å². The monoisotopic (exact) mass is 275 g/mol. The minimum atomic E-state index is 0.386. The molecule has 2 aromatic heterocycles. The maximum absolute atomic E-state index is 8.82. The summed E-state index contributed by atoms with van der Waals surface area (Å²) < 4.78 is 1.80. The van der Waals surface area contributed by atoms with Crippen molar-refractivity contribution in [3.8, 4) is 23.1 Å². The Kier molecular flexibility index (Phi) is 3.20. The SMILES string of the molecule is Cc1cccc(-n2nc(C)nc2-c2ccc(C#N)nc2)c1. The van der Waals surface area contributed by atoms with Crippen LogP contribution < -0.4 is 0 Å². The summed E-state index contributed by atoms with van der Waals surface area (Å²) in [6.45, 7) is 3.89. The smallest absolute Gasteiger partial charge is 0.165 e. The minimum absolute atomic E-state index is 0.386. The fourth-order valence-electron chi connectivity index (χ4n) is 2.13. The summed E-state index contributed by atoms with van der Waals surface area (Å²) in [5.74, 6) is 1.41. The molecule has 2 heterocycles. The molecule has 21 heavy (non-hydrogen) atoms. The fourth-order valence-corrected chi connectivity index (χ4v) is 2.13. The number of nitrogens with zero attached hydrogens (tertiary/aromatic N) is 5. The second-order valence-corrected chi connectivity index (χ2v) is 4.78. The second-order valence-electron chi connectivity index (χ2n) is 4.78. The second kappa shape index (κ2) is 5.17. The minimum Gasteiger partial charge on any atom is -0.245 e. The quantitative estimate of drug-likeness (QED) is 0.721. The molecule has 0 saturated carbocycles. The lowest BCUT2D eigenvalue weighted by molar-refractivity contribution is 0.867. The number of benzene rings is 1. The van der Waals surface area contributed by atoms with Gasteiger partial charge < -0.3 is 0 Å². The zero-order valence-corrected chi connectivity index (χ0v) is 11.8. The summed E-state index contributed by atoms with van der Waals surface area (Å²) in [4.78, 5) is 8.56. The van der Waals surface area contributed by atoms with Gasteiger partial charge in [-0.2, -0.15) is 10.4 Å². The number of aromatic nitrogens is 4. The first-order valence-electron chi connectivity index (χ1n) is 6.54. The Balaban J connectivity index is 2.13. The Labute approximate surface area is 122 Å². The lowest BCUT2D eigenvalue weighted by atomic mass is 10.2. The standard InChI is InChI=1S/C16H13N5/c1-11-4-3-5-15(8-11)21-16(19-12(2)20-21)13-6-7-14(9-17)18-10-13/h3-8,10H,1-2H3. The topological polar surface area (TPSA) is 67.4 Å². The lowest BCUT2D eigenvalue weighted by Crippen LogP contribution is -2.00. The van der Waals surface area contributed by atoms with Crippen molar-refractivity contribution >= 4 is 0 Å². The number of hydrogen-bond donors (Lipinski definition) is 0. The highest BCUT2D eigenvalue weighted by Crippen LogP contribution is 2.21. The van der Waals surface area contributed by atoms with Crippen molar-refractivity contribution in [2.75, 3.05) is 0 Å². The molecule has 5 nitrogen and oxygen atoms in total. The molecule has 0 bridgehead atoms. The highest BCUT2D eigenvalue weighted by atomic mass is 15.3. The summed E-state index contributed by atoms with van der Waals surface area (Å²) in [5, 5.41) is 13.3. The Morgan fingerprint density at radius 3 is 2.67 bits per heavy atom. The summed E-state index contributed by atoms with van der Waals surface area (Å²) in [7, 11) is 0. The molecule has 0 amide bonds. The Hall–Kier alpha value is -3.00. The van der Waals surface area contributed by atoms with Crippen molar-refractivity contribution in [2.24, 2.45) is 0 Å². The van der Waals surface area contributed by atoms with Gasteiger partial charge in [-0.3, -0.25) is 0 Å². The van der Waals surface area contributed by atoms with Crippen LogP contribution in [0.2, 0.25) is 0 Å². The molecule has 3 aromatic rings. The van der Waals surface area contributed by atoms with Crippen molar-refractivity contribution < 1.29 is 0 Å². The van der Waals surface area contributed by atoms with E-state index in [1.165, 1.54) is 0 Å². The first kappa shape index (κ1) is 13.0. The van der Waals surface area contributed by atoms with E-state index >= 15 is 0 Å². The molecule has 0 fully saturated rings. The zero-order valence-electron chi connectivity index (χ0n) is 11.8. The van der Waals surface area contributed by atoms with E-state index in [1.807, 2.05) is 44.2 Å². The van der Waals surface area contributed by atoms with Crippen LogP contribution >= 0.6 is 0 Å². The van der Waals surface area contributed by atoms with Crippen LogP contribution in [-0.2, 0) is 0 Å². The zero-order chi connectivity index (χ0) is 14.8. The number of nitriles is 1. The maximum atomic E-state index is 8.82. The number of rotatable bonds is 2. The molecule has 0 aliphatic heterocycles. The highest BCUT2D eigenvalue weighted by Gasteiger charge is 2.12. The molecule has 0 saturated heterocycles. The third-order valence-corrected chi connectivity index (χ3v) is 3.10. The molecule has 0 N–H and O–H groups in total. The summed E-state index contributed by atoms with van der Waals surface area (Å²) in [5.41, 5.74) is 3.33. The Morgan fingerprint density at radius 2 is 2.00 bits per heavy atom. The van der Waals surface area contributed by atoms with Crippen LogP contribution in [-0.4, -0.2) is 19.7 Å². The van der Waals surface area contributed by atoms with E-state index in [0.29, 0.717) is 11.5 Å². The van der Waals surface area contributed by atoms with E-state index in [0.717, 1.165) is 22.6 Å². The van der Waals surface area contributed by atoms with Gasteiger partial charge in [-0.15, -0.1) is 0 Å². The molecule has 0 spiro atoms. The van der Waals surface area contributed by atoms with Crippen molar-refractivity contribution in [2.45, 2.75) is 13.8 Å². The largest absolute Gasteiger partial charge is 0.245 e. The highest BCUT2D eigenvalue weighted by molar-refractivity contribution is 5.57. The van der Waals surface area contributed by atoms with Gasteiger partial charge in [-0.25, -0.2) is 14.6 Å². The first-order valence-corrected chi connectivity index (χ1v) is 6.54. The lowest BCUT2D eigenvalue weighted by Gasteiger charge is -2.06. The molecule has 1 aromatic carbocycles. The molecule has 5 heteroatoms. The van der Waals surface area contributed by atoms with Gasteiger partial charge >= 0.3 is 0 Å². The third-order valence-electron chi connectivity index (χ3n) is 3.10. The predicted octanol–water partition coefficient (Wildman–Crippen LogP) is 2.82. The summed E-state index contributed by atoms with van der Waals surface area (Å²) >= 11 is 0. The number of aryl methyl sites for hydroxylation is 2. The molecular weight excluding hydrogens is 262 g/mol. The van der Waals surface area contributed by atoms with Gasteiger partial charge in [0.15, 0.2) is 5.82 Å². The molecule has 102 valence electrons. The van der Waals surface area contributed by atoms with Crippen molar-refractivity contribution in [1.29, 1.82) is 5.26 Å². The fraction of sp³-hybridized carbons (Fsp3) is 0.125. The average Bonchev–Trinajstić information content (AvgIpc) is 2.89. The summed E-state index contributed by atoms with van der Waals surface area (Å²) in [6.07, 6.45) is 1.65. The normalized spacial score (nSPS) is 10.3. The number of hydrogen-bond acceptors (Lipinski definition) is 4. The van der Waals surface area contributed by atoms with E-state index in [4.69, 9.17) is 5.26 Å². The van der Waals surface area contributed by atoms with E-state index in [1.54, 1.807) is 16.9 Å². The molecule has 3 rings (SSSR count). The van der Waals surface area contributed by atoms with Gasteiger partial charge in [-0.1, -0.05) is 12.1 Å². The molecule has 0 aliphatic rings. The molecule has 0 aliphatic carbocycles. The molecule has 0 radical (unpaired) electrons. The van der Waals surface area contributed by atoms with Crippen LogP contribution in [0, 0.1) is 25.2 Å². The van der Waals surface area contributed by atoms with Gasteiger partial charge in [0.2, 0.25) is 0 Å². The number of pyridine rings is 1. The van der Waals surface area contributed by atoms with Crippen molar-refractivity contribution in [3.05, 3.63) is 59.7 Å². The first-order chi connectivity index (χ1) is 10.2. The van der Waals surface area contributed by atoms with Crippen LogP contribution in [0.3, 0.4) is 0 Å². The van der Waals surface area contributed by atoms with Crippen LogP contribution in [0.25, 0.3) is 17.1 Å². The van der Waals surface area contributed by atoms with E-state index in [2.05, 4.69) is 21.1 Å². The van der Waals surface area contributed by atoms with Gasteiger partial charge in [0.1, 0.15) is 17.6 Å². The van der Waals surface area contributed by atoms with Crippen LogP contribution in [0.1, 0.15) is 17.1 Å². The summed E-state index contributed by atoms with van der Waals surface area (Å²) in [6, 6.07) is 13.6. The van der Waals surface area contributed by atoms with Crippen LogP contribution in [0.15, 0.2) is 42.6 Å². The van der Waals surface area contributed by atoms with Crippen molar-refractivity contribution in [3.63, 3.8) is 0 Å². The average molecular weight is 275 g/mol.